The molecule has 0 radical (unpaired) electrons. The highest BCUT2D eigenvalue weighted by molar-refractivity contribution is 7.11. The Kier molecular flexibility index (Phi) is 3.55. The number of benzene rings is 1. The quantitative estimate of drug-likeness (QED) is 0.789. The zero-order valence-corrected chi connectivity index (χ0v) is 13.1. The summed E-state index contributed by atoms with van der Waals surface area (Å²) < 4.78 is 19.1. The molecule has 2 N–H and O–H groups in total. The highest BCUT2D eigenvalue weighted by Gasteiger charge is 2.19. The number of nitrogens with zero attached hydrogens (tertiary/aromatic N) is 1. The van der Waals surface area contributed by atoms with E-state index in [2.05, 4.69) is 11.9 Å². The molecule has 0 spiro atoms. The molecule has 0 aliphatic rings. The van der Waals surface area contributed by atoms with E-state index in [0.29, 0.717) is 17.8 Å². The monoisotopic (exact) mass is 304 g/mol. The molecular weight excluding hydrogens is 287 g/mol. The fourth-order valence-corrected chi connectivity index (χ4v) is 3.47. The van der Waals surface area contributed by atoms with Crippen LogP contribution in [0.1, 0.15) is 32.9 Å². The molecule has 0 saturated heterocycles. The number of fused-ring (bicyclic) bond motifs is 1. The number of aryl methyl sites for hydroxylation is 3. The Bertz CT molecular complexity index is 787. The summed E-state index contributed by atoms with van der Waals surface area (Å²) in [5.74, 6) is 0.443. The van der Waals surface area contributed by atoms with Crippen LogP contribution in [0.2, 0.25) is 0 Å². The minimum absolute atomic E-state index is 0.266. The number of aromatic nitrogens is 1. The summed E-state index contributed by atoms with van der Waals surface area (Å²) in [5.41, 5.74) is 8.89. The van der Waals surface area contributed by atoms with Gasteiger partial charge in [0.05, 0.1) is 16.7 Å². The van der Waals surface area contributed by atoms with Gasteiger partial charge < -0.3 is 10.2 Å². The predicted molar refractivity (Wildman–Crippen MR) is 83.1 cm³/mol. The van der Waals surface area contributed by atoms with Crippen LogP contribution in [-0.2, 0) is 6.42 Å². The number of rotatable bonds is 3. The van der Waals surface area contributed by atoms with Gasteiger partial charge in [-0.05, 0) is 39.0 Å². The first-order valence-corrected chi connectivity index (χ1v) is 7.64. The van der Waals surface area contributed by atoms with Crippen LogP contribution in [0.25, 0.3) is 11.0 Å². The Labute approximate surface area is 126 Å². The van der Waals surface area contributed by atoms with E-state index in [1.807, 2.05) is 13.8 Å². The first-order chi connectivity index (χ1) is 9.95. The summed E-state index contributed by atoms with van der Waals surface area (Å²) in [6, 6.07) is 4.26. The molecule has 0 aliphatic heterocycles. The molecular formula is C16H17FN2OS. The second-order valence-corrected chi connectivity index (χ2v) is 6.58. The number of nitrogens with two attached hydrogens (primary N) is 1. The molecule has 0 aliphatic carbocycles. The van der Waals surface area contributed by atoms with E-state index in [9.17, 15) is 4.39 Å². The Morgan fingerprint density at radius 2 is 2.10 bits per heavy atom. The first kappa shape index (κ1) is 14.2. The van der Waals surface area contributed by atoms with Gasteiger partial charge in [-0.2, -0.15) is 0 Å². The van der Waals surface area contributed by atoms with Gasteiger partial charge in [-0.3, -0.25) is 0 Å². The fourth-order valence-electron chi connectivity index (χ4n) is 2.47. The summed E-state index contributed by atoms with van der Waals surface area (Å²) in [6.07, 6.45) is 0.627. The van der Waals surface area contributed by atoms with Crippen molar-refractivity contribution < 1.29 is 8.81 Å². The molecule has 3 rings (SSSR count). The standard InChI is InChI=1S/C16H17FN2OS/c1-8-12-6-11(17)4-5-14(12)20-16(8)13(18)7-15-19-9(2)10(3)21-15/h4-6,13H,7,18H2,1-3H3. The van der Waals surface area contributed by atoms with Crippen molar-refractivity contribution >= 4 is 22.3 Å². The van der Waals surface area contributed by atoms with Crippen molar-refractivity contribution in [1.29, 1.82) is 0 Å². The van der Waals surface area contributed by atoms with Crippen molar-refractivity contribution in [3.8, 4) is 0 Å². The first-order valence-electron chi connectivity index (χ1n) is 6.82. The lowest BCUT2D eigenvalue weighted by Gasteiger charge is -2.07. The zero-order valence-electron chi connectivity index (χ0n) is 12.2. The maximum atomic E-state index is 13.3. The van der Waals surface area contributed by atoms with Crippen LogP contribution in [0, 0.1) is 26.6 Å². The molecule has 1 unspecified atom stereocenters. The predicted octanol–water partition coefficient (Wildman–Crippen LogP) is 4.20. The van der Waals surface area contributed by atoms with Crippen LogP contribution in [0.15, 0.2) is 22.6 Å². The summed E-state index contributed by atoms with van der Waals surface area (Å²) in [5, 5.41) is 1.79. The molecule has 1 aromatic carbocycles. The Morgan fingerprint density at radius 1 is 1.33 bits per heavy atom. The van der Waals surface area contributed by atoms with E-state index < -0.39 is 0 Å². The molecule has 0 amide bonds. The third kappa shape index (κ3) is 2.59. The van der Waals surface area contributed by atoms with Gasteiger partial charge in [0.25, 0.3) is 0 Å². The SMILES string of the molecule is Cc1nc(CC(N)c2oc3ccc(F)cc3c2C)sc1C. The lowest BCUT2D eigenvalue weighted by atomic mass is 10.1. The maximum absolute atomic E-state index is 13.3. The molecule has 0 bridgehead atoms. The average Bonchev–Trinajstić information content (AvgIpc) is 2.91. The van der Waals surface area contributed by atoms with Gasteiger partial charge >= 0.3 is 0 Å². The molecule has 2 heterocycles. The fraction of sp³-hybridized carbons (Fsp3) is 0.312. The largest absolute Gasteiger partial charge is 0.459 e. The zero-order chi connectivity index (χ0) is 15.1. The summed E-state index contributed by atoms with van der Waals surface area (Å²) in [4.78, 5) is 5.72. The number of halogens is 1. The normalized spacial score (nSPS) is 13.0. The smallest absolute Gasteiger partial charge is 0.134 e. The van der Waals surface area contributed by atoms with Crippen LogP contribution in [0.3, 0.4) is 0 Å². The van der Waals surface area contributed by atoms with E-state index in [1.165, 1.54) is 17.0 Å². The second kappa shape index (κ2) is 5.24. The molecule has 3 nitrogen and oxygen atoms in total. The molecule has 3 aromatic rings. The van der Waals surface area contributed by atoms with Crippen molar-refractivity contribution in [2.45, 2.75) is 33.2 Å². The molecule has 21 heavy (non-hydrogen) atoms. The van der Waals surface area contributed by atoms with Crippen LogP contribution >= 0.6 is 11.3 Å². The van der Waals surface area contributed by atoms with E-state index in [4.69, 9.17) is 10.2 Å². The highest BCUT2D eigenvalue weighted by atomic mass is 32.1. The van der Waals surface area contributed by atoms with Crippen molar-refractivity contribution in [1.82, 2.24) is 4.98 Å². The second-order valence-electron chi connectivity index (χ2n) is 5.29. The number of thiazole rings is 1. The van der Waals surface area contributed by atoms with Crippen LogP contribution < -0.4 is 5.73 Å². The summed E-state index contributed by atoms with van der Waals surface area (Å²) in [6.45, 7) is 5.96. The van der Waals surface area contributed by atoms with Gasteiger partial charge in [0.1, 0.15) is 17.2 Å². The van der Waals surface area contributed by atoms with Crippen molar-refractivity contribution in [3.05, 3.63) is 50.9 Å². The van der Waals surface area contributed by atoms with Crippen LogP contribution in [0.4, 0.5) is 4.39 Å². The molecule has 0 fully saturated rings. The van der Waals surface area contributed by atoms with Gasteiger partial charge in [-0.15, -0.1) is 11.3 Å². The van der Waals surface area contributed by atoms with Crippen molar-refractivity contribution in [2.24, 2.45) is 5.73 Å². The lowest BCUT2D eigenvalue weighted by Crippen LogP contribution is -2.13. The topological polar surface area (TPSA) is 52.0 Å². The van der Waals surface area contributed by atoms with Gasteiger partial charge in [0.2, 0.25) is 0 Å². The highest BCUT2D eigenvalue weighted by Crippen LogP contribution is 2.31. The Morgan fingerprint density at radius 3 is 2.76 bits per heavy atom. The number of hydrogen-bond acceptors (Lipinski definition) is 4. The summed E-state index contributed by atoms with van der Waals surface area (Å²) in [7, 11) is 0. The minimum atomic E-state index is -0.273. The summed E-state index contributed by atoms with van der Waals surface area (Å²) >= 11 is 1.66. The Hall–Kier alpha value is -1.72. The maximum Gasteiger partial charge on any atom is 0.134 e. The molecule has 1 atom stereocenters. The number of hydrogen-bond donors (Lipinski definition) is 1. The van der Waals surface area contributed by atoms with Gasteiger partial charge in [-0.1, -0.05) is 0 Å². The third-order valence-corrected chi connectivity index (χ3v) is 4.83. The van der Waals surface area contributed by atoms with E-state index in [0.717, 1.165) is 21.7 Å². The Balaban J connectivity index is 1.94. The van der Waals surface area contributed by atoms with Crippen molar-refractivity contribution in [3.63, 3.8) is 0 Å². The molecule has 2 aromatic heterocycles. The van der Waals surface area contributed by atoms with E-state index in [-0.39, 0.29) is 11.9 Å². The van der Waals surface area contributed by atoms with Gasteiger partial charge in [0.15, 0.2) is 0 Å². The van der Waals surface area contributed by atoms with Crippen LogP contribution in [0.5, 0.6) is 0 Å². The molecule has 0 saturated carbocycles. The van der Waals surface area contributed by atoms with E-state index >= 15 is 0 Å². The number of furan rings is 1. The average molecular weight is 304 g/mol. The van der Waals surface area contributed by atoms with Gasteiger partial charge in [0, 0.05) is 22.2 Å². The van der Waals surface area contributed by atoms with E-state index in [1.54, 1.807) is 17.4 Å². The third-order valence-electron chi connectivity index (χ3n) is 3.74. The molecule has 5 heteroatoms. The van der Waals surface area contributed by atoms with Gasteiger partial charge in [-0.25, -0.2) is 9.37 Å². The minimum Gasteiger partial charge on any atom is -0.459 e. The van der Waals surface area contributed by atoms with Crippen molar-refractivity contribution in [2.75, 3.05) is 0 Å². The lowest BCUT2D eigenvalue weighted by molar-refractivity contribution is 0.489. The molecule has 110 valence electrons. The van der Waals surface area contributed by atoms with Crippen LogP contribution in [-0.4, -0.2) is 4.98 Å².